The van der Waals surface area contributed by atoms with E-state index < -0.39 is 0 Å². The van der Waals surface area contributed by atoms with Crippen molar-refractivity contribution in [3.63, 3.8) is 0 Å². The first-order chi connectivity index (χ1) is 6.76. The van der Waals surface area contributed by atoms with Crippen LogP contribution in [0.4, 0.5) is 0 Å². The lowest BCUT2D eigenvalue weighted by molar-refractivity contribution is 0.444. The number of unbranched alkanes of at least 4 members (excludes halogenated alkanes) is 2. The third-order valence-electron chi connectivity index (χ3n) is 2.86. The van der Waals surface area contributed by atoms with Crippen molar-refractivity contribution in [3.8, 4) is 0 Å². The van der Waals surface area contributed by atoms with Crippen molar-refractivity contribution in [2.45, 2.75) is 58.3 Å². The van der Waals surface area contributed by atoms with Crippen LogP contribution in [-0.4, -0.2) is 18.5 Å². The van der Waals surface area contributed by atoms with E-state index in [-0.39, 0.29) is 0 Å². The molecule has 0 heterocycles. The minimum atomic E-state index is 0.312. The smallest absolute Gasteiger partial charge is 0.0488 e. The highest BCUT2D eigenvalue weighted by molar-refractivity contribution is 6.21. The lowest BCUT2D eigenvalue weighted by Gasteiger charge is -2.19. The Morgan fingerprint density at radius 3 is 2.21 bits per heavy atom. The lowest BCUT2D eigenvalue weighted by atomic mass is 9.99. The molecule has 0 spiro atoms. The molecule has 0 radical (unpaired) electrons. The van der Waals surface area contributed by atoms with Gasteiger partial charge >= 0.3 is 0 Å². The molecule has 0 aromatic heterocycles. The number of hydrogen-bond donors (Lipinski definition) is 1. The molecular weight excluding hydrogens is 194 g/mol. The van der Waals surface area contributed by atoms with E-state index in [1.165, 1.54) is 32.1 Å². The second-order valence-corrected chi connectivity index (χ2v) is 4.56. The molecule has 86 valence electrons. The number of nitrogens with one attached hydrogen (secondary N) is 1. The van der Waals surface area contributed by atoms with Crippen LogP contribution in [-0.2, 0) is 0 Å². The molecule has 0 fully saturated rings. The maximum absolute atomic E-state index is 6.30. The molecule has 14 heavy (non-hydrogen) atoms. The fourth-order valence-corrected chi connectivity index (χ4v) is 2.17. The van der Waals surface area contributed by atoms with E-state index in [4.69, 9.17) is 11.6 Å². The Hall–Kier alpha value is 0.250. The first-order valence-corrected chi connectivity index (χ1v) is 6.54. The van der Waals surface area contributed by atoms with Gasteiger partial charge in [0.15, 0.2) is 0 Å². The van der Waals surface area contributed by atoms with Crippen molar-refractivity contribution in [1.29, 1.82) is 0 Å². The van der Waals surface area contributed by atoms with E-state index in [1.54, 1.807) is 0 Å². The van der Waals surface area contributed by atoms with E-state index in [2.05, 4.69) is 26.1 Å². The van der Waals surface area contributed by atoms with E-state index >= 15 is 0 Å². The predicted molar refractivity (Wildman–Crippen MR) is 66.1 cm³/mol. The van der Waals surface area contributed by atoms with Gasteiger partial charge in [0.05, 0.1) is 0 Å². The number of halogens is 1. The van der Waals surface area contributed by atoms with Crippen LogP contribution in [0.15, 0.2) is 0 Å². The van der Waals surface area contributed by atoms with Crippen LogP contribution in [0.2, 0.25) is 0 Å². The highest BCUT2D eigenvalue weighted by atomic mass is 35.5. The SMILES string of the molecule is CCCCCNCC(Cl)C(CC)CC. The molecule has 0 aliphatic heterocycles. The summed E-state index contributed by atoms with van der Waals surface area (Å²) < 4.78 is 0. The van der Waals surface area contributed by atoms with Gasteiger partial charge in [0.25, 0.3) is 0 Å². The van der Waals surface area contributed by atoms with Crippen LogP contribution in [0.3, 0.4) is 0 Å². The standard InChI is InChI=1S/C12H26ClN/c1-4-7-8-9-14-10-12(13)11(5-2)6-3/h11-12,14H,4-10H2,1-3H3. The molecule has 0 aliphatic carbocycles. The van der Waals surface area contributed by atoms with Crippen molar-refractivity contribution < 1.29 is 0 Å². The quantitative estimate of drug-likeness (QED) is 0.460. The molecule has 1 nitrogen and oxygen atoms in total. The molecule has 0 aromatic rings. The van der Waals surface area contributed by atoms with Crippen LogP contribution in [0.25, 0.3) is 0 Å². The Balaban J connectivity index is 3.37. The van der Waals surface area contributed by atoms with Crippen molar-refractivity contribution in [2.24, 2.45) is 5.92 Å². The van der Waals surface area contributed by atoms with Crippen LogP contribution in [0, 0.1) is 5.92 Å². The van der Waals surface area contributed by atoms with Gasteiger partial charge in [0.2, 0.25) is 0 Å². The normalized spacial score (nSPS) is 13.5. The molecule has 1 atom stereocenters. The fraction of sp³-hybridized carbons (Fsp3) is 1.00. The topological polar surface area (TPSA) is 12.0 Å². The third kappa shape index (κ3) is 6.67. The summed E-state index contributed by atoms with van der Waals surface area (Å²) in [4.78, 5) is 0. The lowest BCUT2D eigenvalue weighted by Crippen LogP contribution is -2.29. The first kappa shape index (κ1) is 14.2. The van der Waals surface area contributed by atoms with Crippen LogP contribution in [0.1, 0.15) is 52.9 Å². The molecular formula is C12H26ClN. The number of rotatable bonds is 9. The summed E-state index contributed by atoms with van der Waals surface area (Å²) in [7, 11) is 0. The maximum atomic E-state index is 6.30. The van der Waals surface area contributed by atoms with Crippen LogP contribution < -0.4 is 5.32 Å². The molecule has 0 bridgehead atoms. The second-order valence-electron chi connectivity index (χ2n) is 4.00. The van der Waals surface area contributed by atoms with E-state index in [1.807, 2.05) is 0 Å². The zero-order valence-corrected chi connectivity index (χ0v) is 10.7. The number of hydrogen-bond acceptors (Lipinski definition) is 1. The van der Waals surface area contributed by atoms with E-state index in [0.717, 1.165) is 13.1 Å². The molecule has 0 aliphatic rings. The van der Waals surface area contributed by atoms with Crippen molar-refractivity contribution in [3.05, 3.63) is 0 Å². The second kappa shape index (κ2) is 9.79. The molecule has 0 saturated carbocycles. The maximum Gasteiger partial charge on any atom is 0.0488 e. The monoisotopic (exact) mass is 219 g/mol. The van der Waals surface area contributed by atoms with Gasteiger partial charge in [-0.25, -0.2) is 0 Å². The summed E-state index contributed by atoms with van der Waals surface area (Å²) in [6, 6.07) is 0. The van der Waals surface area contributed by atoms with Crippen molar-refractivity contribution in [1.82, 2.24) is 5.32 Å². The minimum absolute atomic E-state index is 0.312. The highest BCUT2D eigenvalue weighted by Gasteiger charge is 2.14. The first-order valence-electron chi connectivity index (χ1n) is 6.10. The van der Waals surface area contributed by atoms with Gasteiger partial charge in [0.1, 0.15) is 0 Å². The van der Waals surface area contributed by atoms with Gasteiger partial charge in [-0.3, -0.25) is 0 Å². The van der Waals surface area contributed by atoms with E-state index in [0.29, 0.717) is 11.3 Å². The Bertz CT molecular complexity index is 113. The molecule has 0 saturated heterocycles. The highest BCUT2D eigenvalue weighted by Crippen LogP contribution is 2.17. The summed E-state index contributed by atoms with van der Waals surface area (Å²) in [6.07, 6.45) is 6.29. The zero-order valence-electron chi connectivity index (χ0n) is 9.98. The molecule has 0 rings (SSSR count). The van der Waals surface area contributed by atoms with Gasteiger partial charge in [-0.2, -0.15) is 0 Å². The van der Waals surface area contributed by atoms with Crippen molar-refractivity contribution >= 4 is 11.6 Å². The van der Waals surface area contributed by atoms with Gasteiger partial charge < -0.3 is 5.32 Å². The molecule has 2 heteroatoms. The van der Waals surface area contributed by atoms with Crippen LogP contribution in [0.5, 0.6) is 0 Å². The van der Waals surface area contributed by atoms with Gasteiger partial charge in [-0.05, 0) is 18.9 Å². The average molecular weight is 220 g/mol. The Morgan fingerprint density at radius 2 is 1.71 bits per heavy atom. The zero-order chi connectivity index (χ0) is 10.8. The van der Waals surface area contributed by atoms with Crippen molar-refractivity contribution in [2.75, 3.05) is 13.1 Å². The van der Waals surface area contributed by atoms with Gasteiger partial charge in [-0.15, -0.1) is 11.6 Å². The summed E-state index contributed by atoms with van der Waals surface area (Å²) in [5, 5.41) is 3.75. The van der Waals surface area contributed by atoms with Crippen LogP contribution >= 0.6 is 11.6 Å². The van der Waals surface area contributed by atoms with Gasteiger partial charge in [-0.1, -0.05) is 46.5 Å². The number of alkyl halides is 1. The molecule has 0 aromatic carbocycles. The summed E-state index contributed by atoms with van der Waals surface area (Å²) >= 11 is 6.30. The molecule has 0 amide bonds. The molecule has 1 N–H and O–H groups in total. The van der Waals surface area contributed by atoms with Gasteiger partial charge in [0, 0.05) is 11.9 Å². The summed E-state index contributed by atoms with van der Waals surface area (Å²) in [6.45, 7) is 8.77. The third-order valence-corrected chi connectivity index (χ3v) is 3.37. The fourth-order valence-electron chi connectivity index (χ4n) is 1.71. The van der Waals surface area contributed by atoms with E-state index in [9.17, 15) is 0 Å². The average Bonchev–Trinajstić information content (AvgIpc) is 2.19. The Morgan fingerprint density at radius 1 is 1.07 bits per heavy atom. The Kier molecular flexibility index (Phi) is 9.97. The largest absolute Gasteiger partial charge is 0.315 e. The predicted octanol–water partition coefficient (Wildman–Crippen LogP) is 3.81. The molecule has 1 unspecified atom stereocenters. The minimum Gasteiger partial charge on any atom is -0.315 e. The summed E-state index contributed by atoms with van der Waals surface area (Å²) in [5.74, 6) is 0.676. The summed E-state index contributed by atoms with van der Waals surface area (Å²) in [5.41, 5.74) is 0. The Labute approximate surface area is 94.6 Å².